The van der Waals surface area contributed by atoms with E-state index in [0.29, 0.717) is 18.0 Å². The third-order valence-corrected chi connectivity index (χ3v) is 5.16. The molecular weight excluding hydrogens is 340 g/mol. The van der Waals surface area contributed by atoms with Gasteiger partial charge in [0, 0.05) is 38.3 Å². The number of benzene rings is 1. The Morgan fingerprint density at radius 2 is 1.96 bits per heavy atom. The Balaban J connectivity index is 1.95. The molecule has 1 fully saturated rings. The van der Waals surface area contributed by atoms with Crippen molar-refractivity contribution >= 4 is 5.96 Å². The second-order valence-electron chi connectivity index (χ2n) is 7.48. The zero-order valence-electron chi connectivity index (χ0n) is 17.7. The average Bonchev–Trinajstić information content (AvgIpc) is 3.02. The summed E-state index contributed by atoms with van der Waals surface area (Å²) in [6, 6.07) is 7.06. The molecule has 1 aliphatic rings. The fourth-order valence-corrected chi connectivity index (χ4v) is 3.44. The lowest BCUT2D eigenvalue weighted by molar-refractivity contribution is 0.265. The predicted molar refractivity (Wildman–Crippen MR) is 112 cm³/mol. The number of guanidine groups is 1. The predicted octanol–water partition coefficient (Wildman–Crippen LogP) is 2.53. The summed E-state index contributed by atoms with van der Waals surface area (Å²) >= 11 is 0. The highest BCUT2D eigenvalue weighted by atomic mass is 16.5. The van der Waals surface area contributed by atoms with Crippen LogP contribution in [0.5, 0.6) is 11.5 Å². The highest BCUT2D eigenvalue weighted by Crippen LogP contribution is 2.27. The highest BCUT2D eigenvalue weighted by Gasteiger charge is 2.31. The summed E-state index contributed by atoms with van der Waals surface area (Å²) in [5.74, 6) is 3.03. The summed E-state index contributed by atoms with van der Waals surface area (Å²) in [4.78, 5) is 7.30. The minimum absolute atomic E-state index is 0.436. The van der Waals surface area contributed by atoms with Crippen molar-refractivity contribution < 1.29 is 9.47 Å². The molecule has 0 saturated carbocycles. The molecule has 0 aliphatic carbocycles. The molecule has 1 aromatic carbocycles. The van der Waals surface area contributed by atoms with E-state index in [1.54, 1.807) is 14.2 Å². The Bertz CT molecular complexity index is 618. The summed E-state index contributed by atoms with van der Waals surface area (Å²) in [5.41, 5.74) is 1.19. The fraction of sp³-hybridized carbons (Fsp3) is 0.667. The third-order valence-electron chi connectivity index (χ3n) is 5.16. The lowest BCUT2D eigenvalue weighted by atomic mass is 10.1. The first kappa shape index (κ1) is 21.4. The highest BCUT2D eigenvalue weighted by molar-refractivity contribution is 5.80. The number of methoxy groups -OCH3 is 2. The minimum Gasteiger partial charge on any atom is -0.493 e. The average molecular weight is 377 g/mol. The van der Waals surface area contributed by atoms with E-state index in [-0.39, 0.29) is 0 Å². The monoisotopic (exact) mass is 376 g/mol. The molecule has 0 aromatic heterocycles. The topological polar surface area (TPSA) is 58.1 Å². The standard InChI is InChI=1S/C21H36N4O2/c1-7-22-21(24-18-14-25(15(2)3)13-16(18)4)23-11-10-17-8-9-19(26-5)20(12-17)27-6/h8-9,12,15-16,18H,7,10-11,13-14H2,1-6H3,(H2,22,23,24). The molecule has 0 radical (unpaired) electrons. The number of nitrogens with zero attached hydrogens (tertiary/aromatic N) is 2. The van der Waals surface area contributed by atoms with Gasteiger partial charge in [0.05, 0.1) is 14.2 Å². The van der Waals surface area contributed by atoms with Crippen molar-refractivity contribution in [2.24, 2.45) is 10.9 Å². The maximum atomic E-state index is 5.38. The normalized spacial score (nSPS) is 20.8. The van der Waals surface area contributed by atoms with Crippen LogP contribution >= 0.6 is 0 Å². The summed E-state index contributed by atoms with van der Waals surface area (Å²) in [7, 11) is 3.32. The number of hydrogen-bond donors (Lipinski definition) is 2. The van der Waals surface area contributed by atoms with Crippen LogP contribution in [0.1, 0.15) is 33.3 Å². The van der Waals surface area contributed by atoms with Gasteiger partial charge in [0.25, 0.3) is 0 Å². The molecule has 1 saturated heterocycles. The van der Waals surface area contributed by atoms with Gasteiger partial charge in [-0.2, -0.15) is 0 Å². The van der Waals surface area contributed by atoms with E-state index in [4.69, 9.17) is 14.5 Å². The Morgan fingerprint density at radius 3 is 2.56 bits per heavy atom. The van der Waals surface area contributed by atoms with Crippen molar-refractivity contribution in [2.75, 3.05) is 40.4 Å². The third kappa shape index (κ3) is 6.03. The Hall–Kier alpha value is -1.95. The molecule has 6 heteroatoms. The van der Waals surface area contributed by atoms with Gasteiger partial charge in [0.2, 0.25) is 0 Å². The first-order valence-electron chi connectivity index (χ1n) is 9.98. The molecule has 2 rings (SSSR count). The molecule has 0 bridgehead atoms. The van der Waals surface area contributed by atoms with Gasteiger partial charge in [-0.15, -0.1) is 0 Å². The fourth-order valence-electron chi connectivity index (χ4n) is 3.44. The molecular formula is C21H36N4O2. The maximum absolute atomic E-state index is 5.38. The number of aliphatic imine (C=N–C) groups is 1. The maximum Gasteiger partial charge on any atom is 0.191 e. The number of hydrogen-bond acceptors (Lipinski definition) is 4. The van der Waals surface area contributed by atoms with E-state index < -0.39 is 0 Å². The van der Waals surface area contributed by atoms with Crippen molar-refractivity contribution in [3.63, 3.8) is 0 Å². The van der Waals surface area contributed by atoms with Gasteiger partial charge in [0.15, 0.2) is 17.5 Å². The van der Waals surface area contributed by atoms with Crippen molar-refractivity contribution in [3.05, 3.63) is 23.8 Å². The summed E-state index contributed by atoms with van der Waals surface area (Å²) in [6.07, 6.45) is 0.856. The molecule has 2 unspecified atom stereocenters. The van der Waals surface area contributed by atoms with Crippen LogP contribution in [0.2, 0.25) is 0 Å². The van der Waals surface area contributed by atoms with Crippen molar-refractivity contribution in [1.29, 1.82) is 0 Å². The smallest absolute Gasteiger partial charge is 0.191 e. The van der Waals surface area contributed by atoms with Crippen molar-refractivity contribution in [3.8, 4) is 11.5 Å². The first-order valence-corrected chi connectivity index (χ1v) is 9.98. The number of likely N-dealkylation sites (tertiary alicyclic amines) is 1. The van der Waals surface area contributed by atoms with Gasteiger partial charge in [-0.3, -0.25) is 9.89 Å². The van der Waals surface area contributed by atoms with Gasteiger partial charge in [-0.05, 0) is 50.8 Å². The zero-order chi connectivity index (χ0) is 19.8. The van der Waals surface area contributed by atoms with Crippen LogP contribution in [0, 0.1) is 5.92 Å². The lowest BCUT2D eigenvalue weighted by Crippen LogP contribution is -2.46. The van der Waals surface area contributed by atoms with Crippen LogP contribution in [0.4, 0.5) is 0 Å². The van der Waals surface area contributed by atoms with Crippen LogP contribution in [0.15, 0.2) is 23.2 Å². The van der Waals surface area contributed by atoms with E-state index >= 15 is 0 Å². The summed E-state index contributed by atoms with van der Waals surface area (Å²) in [6.45, 7) is 12.7. The molecule has 1 heterocycles. The molecule has 6 nitrogen and oxygen atoms in total. The van der Waals surface area contributed by atoms with Gasteiger partial charge in [-0.1, -0.05) is 13.0 Å². The van der Waals surface area contributed by atoms with Crippen LogP contribution in [-0.4, -0.2) is 63.3 Å². The Morgan fingerprint density at radius 1 is 1.22 bits per heavy atom. The molecule has 1 aliphatic heterocycles. The van der Waals surface area contributed by atoms with Crippen LogP contribution < -0.4 is 20.1 Å². The Labute approximate surface area is 164 Å². The molecule has 2 N–H and O–H groups in total. The second kappa shape index (κ2) is 10.4. The SMILES string of the molecule is CCNC(=NCCc1ccc(OC)c(OC)c1)NC1CN(C(C)C)CC1C. The quantitative estimate of drug-likeness (QED) is 0.539. The molecule has 2 atom stereocenters. The van der Waals surface area contributed by atoms with Gasteiger partial charge in [-0.25, -0.2) is 0 Å². The van der Waals surface area contributed by atoms with Gasteiger partial charge >= 0.3 is 0 Å². The summed E-state index contributed by atoms with van der Waals surface area (Å²) in [5, 5.41) is 7.01. The number of nitrogens with one attached hydrogen (secondary N) is 2. The van der Waals surface area contributed by atoms with Gasteiger partial charge < -0.3 is 20.1 Å². The van der Waals surface area contributed by atoms with E-state index in [9.17, 15) is 0 Å². The van der Waals surface area contributed by atoms with E-state index in [1.165, 1.54) is 5.56 Å². The molecule has 27 heavy (non-hydrogen) atoms. The van der Waals surface area contributed by atoms with E-state index in [0.717, 1.165) is 50.1 Å². The summed E-state index contributed by atoms with van der Waals surface area (Å²) < 4.78 is 10.7. The second-order valence-corrected chi connectivity index (χ2v) is 7.48. The Kier molecular flexibility index (Phi) is 8.23. The van der Waals surface area contributed by atoms with Crippen LogP contribution in [0.3, 0.4) is 0 Å². The van der Waals surface area contributed by atoms with E-state index in [1.807, 2.05) is 12.1 Å². The molecule has 152 valence electrons. The number of ether oxygens (including phenoxy) is 2. The molecule has 0 amide bonds. The minimum atomic E-state index is 0.436. The molecule has 1 aromatic rings. The van der Waals surface area contributed by atoms with Crippen LogP contribution in [-0.2, 0) is 6.42 Å². The largest absolute Gasteiger partial charge is 0.493 e. The van der Waals surface area contributed by atoms with Crippen LogP contribution in [0.25, 0.3) is 0 Å². The van der Waals surface area contributed by atoms with E-state index in [2.05, 4.69) is 49.3 Å². The number of rotatable bonds is 8. The van der Waals surface area contributed by atoms with Crippen molar-refractivity contribution in [2.45, 2.75) is 46.2 Å². The van der Waals surface area contributed by atoms with Gasteiger partial charge in [0.1, 0.15) is 0 Å². The zero-order valence-corrected chi connectivity index (χ0v) is 17.7. The molecule has 0 spiro atoms. The lowest BCUT2D eigenvalue weighted by Gasteiger charge is -2.22. The first-order chi connectivity index (χ1) is 13.0. The van der Waals surface area contributed by atoms with Crippen molar-refractivity contribution in [1.82, 2.24) is 15.5 Å².